The molecule has 2 fully saturated rings. The number of benzene rings is 3. The lowest BCUT2D eigenvalue weighted by molar-refractivity contribution is -0.126. The Kier molecular flexibility index (Phi) is 5.26. The number of hydroxylamine groups is 1. The number of rotatable bonds is 3. The number of nitrogens with zero attached hydrogens (tertiary/aromatic N) is 2. The van der Waals surface area contributed by atoms with Crippen LogP contribution in [0.4, 0.5) is 11.4 Å². The van der Waals surface area contributed by atoms with Gasteiger partial charge in [0.25, 0.3) is 5.91 Å². The molecule has 0 unspecified atom stereocenters. The highest BCUT2D eigenvalue weighted by Gasteiger charge is 2.60. The van der Waals surface area contributed by atoms with E-state index in [9.17, 15) is 9.59 Å². The standard InChI is InChI=1S/C27H25ClN2O3/c1-27(2,3)18-14-12-17(13-15-18)23-22-24(33-30(23)20-9-5-4-6-10-20)26(32)29(25(22)31)21-11-7-8-19(28)16-21/h4-16,22-24H,1-3H3/t22-,23-,24+/m1/s1. The van der Waals surface area contributed by atoms with Gasteiger partial charge in [-0.05, 0) is 46.9 Å². The van der Waals surface area contributed by atoms with Crippen molar-refractivity contribution in [1.29, 1.82) is 0 Å². The second-order valence-corrected chi connectivity index (χ2v) is 9.96. The lowest BCUT2D eigenvalue weighted by Gasteiger charge is -2.29. The molecule has 0 bridgehead atoms. The monoisotopic (exact) mass is 460 g/mol. The molecular formula is C27H25ClN2O3. The number of halogens is 1. The predicted molar refractivity (Wildman–Crippen MR) is 129 cm³/mol. The van der Waals surface area contributed by atoms with Crippen LogP contribution in [-0.4, -0.2) is 17.9 Å². The summed E-state index contributed by atoms with van der Waals surface area (Å²) in [6, 6.07) is 24.2. The van der Waals surface area contributed by atoms with Crippen LogP contribution in [0.2, 0.25) is 5.02 Å². The third-order valence-electron chi connectivity index (χ3n) is 6.31. The molecule has 2 heterocycles. The molecule has 0 aliphatic carbocycles. The molecule has 3 aromatic carbocycles. The zero-order chi connectivity index (χ0) is 23.3. The molecule has 2 aliphatic rings. The summed E-state index contributed by atoms with van der Waals surface area (Å²) in [7, 11) is 0. The summed E-state index contributed by atoms with van der Waals surface area (Å²) < 4.78 is 0. The van der Waals surface area contributed by atoms with Crippen LogP contribution in [0.25, 0.3) is 0 Å². The molecule has 3 aromatic rings. The van der Waals surface area contributed by atoms with Gasteiger partial charge in [0.1, 0.15) is 5.92 Å². The smallest absolute Gasteiger partial charge is 0.266 e. The maximum atomic E-state index is 13.7. The van der Waals surface area contributed by atoms with E-state index >= 15 is 0 Å². The Morgan fingerprint density at radius 3 is 2.12 bits per heavy atom. The first-order valence-corrected chi connectivity index (χ1v) is 11.4. The van der Waals surface area contributed by atoms with Gasteiger partial charge in [-0.2, -0.15) is 0 Å². The van der Waals surface area contributed by atoms with E-state index in [2.05, 4.69) is 32.9 Å². The number of para-hydroxylation sites is 1. The maximum absolute atomic E-state index is 13.7. The second-order valence-electron chi connectivity index (χ2n) is 9.52. The predicted octanol–water partition coefficient (Wildman–Crippen LogP) is 5.69. The zero-order valence-electron chi connectivity index (χ0n) is 18.7. The number of anilines is 2. The highest BCUT2D eigenvalue weighted by Crippen LogP contribution is 2.47. The number of carbonyl (C=O) groups excluding carboxylic acids is 2. The first-order chi connectivity index (χ1) is 15.8. The molecule has 6 heteroatoms. The summed E-state index contributed by atoms with van der Waals surface area (Å²) in [6.45, 7) is 6.49. The molecular weight excluding hydrogens is 436 g/mol. The first-order valence-electron chi connectivity index (χ1n) is 11.0. The molecule has 33 heavy (non-hydrogen) atoms. The van der Waals surface area contributed by atoms with E-state index in [0.717, 1.165) is 11.3 Å². The van der Waals surface area contributed by atoms with E-state index in [0.29, 0.717) is 10.7 Å². The SMILES string of the molecule is CC(C)(C)c1ccc([C@@H]2[C@H]3C(=O)N(c4cccc(Cl)c4)C(=O)[C@H]3ON2c2ccccc2)cc1. The summed E-state index contributed by atoms with van der Waals surface area (Å²) in [5, 5.41) is 2.18. The lowest BCUT2D eigenvalue weighted by atomic mass is 9.84. The molecule has 0 radical (unpaired) electrons. The molecule has 0 saturated carbocycles. The summed E-state index contributed by atoms with van der Waals surface area (Å²) in [5.41, 5.74) is 3.39. The number of hydrogen-bond donors (Lipinski definition) is 0. The highest BCUT2D eigenvalue weighted by atomic mass is 35.5. The molecule has 168 valence electrons. The molecule has 0 aromatic heterocycles. The first kappa shape index (κ1) is 21.7. The molecule has 5 rings (SSSR count). The van der Waals surface area contributed by atoms with Gasteiger partial charge < -0.3 is 0 Å². The second kappa shape index (κ2) is 8.01. The van der Waals surface area contributed by atoms with E-state index in [-0.39, 0.29) is 17.2 Å². The van der Waals surface area contributed by atoms with Gasteiger partial charge >= 0.3 is 0 Å². The van der Waals surface area contributed by atoms with Crippen molar-refractivity contribution >= 4 is 34.8 Å². The Hall–Kier alpha value is -3.15. The minimum Gasteiger partial charge on any atom is -0.273 e. The molecule has 5 nitrogen and oxygen atoms in total. The largest absolute Gasteiger partial charge is 0.273 e. The van der Waals surface area contributed by atoms with Crippen molar-refractivity contribution in [2.75, 3.05) is 9.96 Å². The van der Waals surface area contributed by atoms with E-state index in [1.807, 2.05) is 42.5 Å². The molecule has 2 aliphatic heterocycles. The van der Waals surface area contributed by atoms with Crippen molar-refractivity contribution in [3.8, 4) is 0 Å². The van der Waals surface area contributed by atoms with Gasteiger partial charge in [-0.25, -0.2) is 9.96 Å². The van der Waals surface area contributed by atoms with Gasteiger partial charge in [0, 0.05) is 5.02 Å². The summed E-state index contributed by atoms with van der Waals surface area (Å²) in [6.07, 6.45) is -0.899. The minimum absolute atomic E-state index is 0.00881. The van der Waals surface area contributed by atoms with Crippen LogP contribution in [0, 0.1) is 5.92 Å². The normalized spacial score (nSPS) is 22.7. The van der Waals surface area contributed by atoms with Gasteiger partial charge in [-0.3, -0.25) is 14.4 Å². The van der Waals surface area contributed by atoms with E-state index in [4.69, 9.17) is 16.4 Å². The molecule has 0 N–H and O–H groups in total. The fourth-order valence-electron chi connectivity index (χ4n) is 4.60. The van der Waals surface area contributed by atoms with Crippen LogP contribution in [0.15, 0.2) is 78.9 Å². The fraction of sp³-hybridized carbons (Fsp3) is 0.259. The fourth-order valence-corrected chi connectivity index (χ4v) is 4.79. The zero-order valence-corrected chi connectivity index (χ0v) is 19.5. The Morgan fingerprint density at radius 1 is 0.818 bits per heavy atom. The van der Waals surface area contributed by atoms with Crippen LogP contribution < -0.4 is 9.96 Å². The number of fused-ring (bicyclic) bond motifs is 1. The molecule has 2 saturated heterocycles. The number of hydrogen-bond acceptors (Lipinski definition) is 4. The van der Waals surface area contributed by atoms with Crippen LogP contribution in [-0.2, 0) is 19.8 Å². The third kappa shape index (κ3) is 3.71. The van der Waals surface area contributed by atoms with Gasteiger partial charge in [0.2, 0.25) is 5.91 Å². The van der Waals surface area contributed by atoms with Gasteiger partial charge in [-0.1, -0.05) is 80.9 Å². The van der Waals surface area contributed by atoms with E-state index in [1.54, 1.807) is 29.3 Å². The van der Waals surface area contributed by atoms with Crippen molar-refractivity contribution in [3.05, 3.63) is 95.0 Å². The van der Waals surface area contributed by atoms with Crippen LogP contribution in [0.3, 0.4) is 0 Å². The number of imide groups is 1. The average molecular weight is 461 g/mol. The highest BCUT2D eigenvalue weighted by molar-refractivity contribution is 6.31. The van der Waals surface area contributed by atoms with Crippen molar-refractivity contribution in [2.24, 2.45) is 5.92 Å². The average Bonchev–Trinajstić information content (AvgIpc) is 3.30. The van der Waals surface area contributed by atoms with Crippen molar-refractivity contribution in [1.82, 2.24) is 0 Å². The van der Waals surface area contributed by atoms with E-state index < -0.39 is 18.1 Å². The molecule has 2 amide bonds. The number of amides is 2. The summed E-state index contributed by atoms with van der Waals surface area (Å²) in [4.78, 5) is 34.4. The van der Waals surface area contributed by atoms with Crippen molar-refractivity contribution in [2.45, 2.75) is 38.3 Å². The van der Waals surface area contributed by atoms with Gasteiger partial charge in [-0.15, -0.1) is 0 Å². The minimum atomic E-state index is -0.899. The van der Waals surface area contributed by atoms with Gasteiger partial charge in [0.15, 0.2) is 6.10 Å². The van der Waals surface area contributed by atoms with Crippen molar-refractivity contribution < 1.29 is 14.4 Å². The number of carbonyl (C=O) groups is 2. The summed E-state index contributed by atoms with van der Waals surface area (Å²) in [5.74, 6) is -1.32. The molecule has 3 atom stereocenters. The lowest BCUT2D eigenvalue weighted by Crippen LogP contribution is -2.37. The van der Waals surface area contributed by atoms with E-state index in [1.165, 1.54) is 10.5 Å². The Labute approximate surface area is 198 Å². The Morgan fingerprint density at radius 2 is 1.48 bits per heavy atom. The Balaban J connectivity index is 1.57. The van der Waals surface area contributed by atoms with Gasteiger partial charge in [0.05, 0.1) is 17.4 Å². The third-order valence-corrected chi connectivity index (χ3v) is 6.55. The van der Waals surface area contributed by atoms with Crippen LogP contribution in [0.1, 0.15) is 37.9 Å². The maximum Gasteiger partial charge on any atom is 0.266 e. The topological polar surface area (TPSA) is 49.9 Å². The molecule has 0 spiro atoms. The quantitative estimate of drug-likeness (QED) is 0.471. The van der Waals surface area contributed by atoms with Crippen LogP contribution in [0.5, 0.6) is 0 Å². The Bertz CT molecular complexity index is 1200. The van der Waals surface area contributed by atoms with Crippen LogP contribution >= 0.6 is 11.6 Å². The van der Waals surface area contributed by atoms with Crippen molar-refractivity contribution in [3.63, 3.8) is 0 Å². The summed E-state index contributed by atoms with van der Waals surface area (Å²) >= 11 is 6.13.